The summed E-state index contributed by atoms with van der Waals surface area (Å²) < 4.78 is 25.4. The van der Waals surface area contributed by atoms with Gasteiger partial charge >= 0.3 is 0 Å². The maximum absolute atomic E-state index is 11.9. The fraction of sp³-hybridized carbons (Fsp3) is 0.889. The molecule has 1 heterocycles. The van der Waals surface area contributed by atoms with Crippen molar-refractivity contribution in [1.82, 2.24) is 9.62 Å². The predicted octanol–water partition coefficient (Wildman–Crippen LogP) is -0.0650. The number of nitrogens with one attached hydrogen (secondary N) is 1. The lowest BCUT2D eigenvalue weighted by Gasteiger charge is -2.25. The first-order valence-electron chi connectivity index (χ1n) is 5.18. The Labute approximate surface area is 90.9 Å². The first kappa shape index (κ1) is 12.4. The zero-order valence-electron chi connectivity index (χ0n) is 9.14. The summed E-state index contributed by atoms with van der Waals surface area (Å²) in [7, 11) is -3.18. The quantitative estimate of drug-likeness (QED) is 0.677. The van der Waals surface area contributed by atoms with Crippen molar-refractivity contribution in [3.8, 4) is 0 Å². The first-order chi connectivity index (χ1) is 7.00. The van der Waals surface area contributed by atoms with Gasteiger partial charge in [0.1, 0.15) is 0 Å². The molecule has 1 fully saturated rings. The summed E-state index contributed by atoms with van der Waals surface area (Å²) in [5, 5.41) is 2.15. The number of carbonyl (C=O) groups excluding carboxylic acids is 1. The molecule has 1 aliphatic heterocycles. The van der Waals surface area contributed by atoms with Crippen molar-refractivity contribution in [3.63, 3.8) is 0 Å². The molecule has 15 heavy (non-hydrogen) atoms. The van der Waals surface area contributed by atoms with Gasteiger partial charge in [-0.1, -0.05) is 0 Å². The second kappa shape index (κ2) is 4.94. The van der Waals surface area contributed by atoms with E-state index >= 15 is 0 Å². The van der Waals surface area contributed by atoms with E-state index in [4.69, 9.17) is 0 Å². The lowest BCUT2D eigenvalue weighted by atomic mass is 10.2. The third-order valence-corrected chi connectivity index (χ3v) is 5.01. The van der Waals surface area contributed by atoms with E-state index in [1.54, 1.807) is 13.8 Å². The molecule has 1 saturated heterocycles. The summed E-state index contributed by atoms with van der Waals surface area (Å²) in [6.07, 6.45) is 2.31. The number of nitrogens with zero attached hydrogens (tertiary/aromatic N) is 1. The summed E-state index contributed by atoms with van der Waals surface area (Å²) in [6, 6.07) is -0.0670. The fourth-order valence-corrected chi connectivity index (χ4v) is 3.32. The van der Waals surface area contributed by atoms with Crippen LogP contribution in [0.2, 0.25) is 0 Å². The highest BCUT2D eigenvalue weighted by molar-refractivity contribution is 7.89. The second-order valence-electron chi connectivity index (χ2n) is 4.03. The molecule has 1 N–H and O–H groups in total. The number of carbonyl (C=O) groups is 1. The molecular formula is C9H18N2O3S. The van der Waals surface area contributed by atoms with Crippen LogP contribution in [-0.2, 0) is 14.8 Å². The van der Waals surface area contributed by atoms with Crippen molar-refractivity contribution in [2.45, 2.75) is 38.0 Å². The van der Waals surface area contributed by atoms with Gasteiger partial charge in [0, 0.05) is 19.1 Å². The summed E-state index contributed by atoms with van der Waals surface area (Å²) >= 11 is 0. The molecule has 0 saturated carbocycles. The third-order valence-electron chi connectivity index (χ3n) is 2.68. The van der Waals surface area contributed by atoms with Gasteiger partial charge in [-0.15, -0.1) is 0 Å². The van der Waals surface area contributed by atoms with Crippen LogP contribution in [0.1, 0.15) is 26.7 Å². The SMILES string of the molecule is CC(C)S(=O)(=O)N1CCCC1CNC=O. The Morgan fingerprint density at radius 2 is 2.20 bits per heavy atom. The third kappa shape index (κ3) is 2.69. The van der Waals surface area contributed by atoms with Crippen molar-refractivity contribution in [2.24, 2.45) is 0 Å². The van der Waals surface area contributed by atoms with E-state index in [2.05, 4.69) is 5.32 Å². The second-order valence-corrected chi connectivity index (χ2v) is 6.47. The van der Waals surface area contributed by atoms with Crippen molar-refractivity contribution in [1.29, 1.82) is 0 Å². The van der Waals surface area contributed by atoms with Crippen LogP contribution in [0, 0.1) is 0 Å². The molecule has 0 radical (unpaired) electrons. The van der Waals surface area contributed by atoms with E-state index in [9.17, 15) is 13.2 Å². The number of rotatable bonds is 5. The molecule has 0 aliphatic carbocycles. The highest BCUT2D eigenvalue weighted by Gasteiger charge is 2.35. The van der Waals surface area contributed by atoms with Crippen LogP contribution < -0.4 is 5.32 Å². The van der Waals surface area contributed by atoms with Gasteiger partial charge in [0.15, 0.2) is 0 Å². The summed E-state index contributed by atoms with van der Waals surface area (Å²) in [4.78, 5) is 10.2. The molecule has 1 amide bonds. The number of hydrogen-bond donors (Lipinski definition) is 1. The molecule has 1 atom stereocenters. The highest BCUT2D eigenvalue weighted by Crippen LogP contribution is 2.22. The predicted molar refractivity (Wildman–Crippen MR) is 57.9 cm³/mol. The minimum Gasteiger partial charge on any atom is -0.357 e. The molecule has 0 spiro atoms. The maximum atomic E-state index is 11.9. The van der Waals surface area contributed by atoms with Crippen molar-refractivity contribution in [2.75, 3.05) is 13.1 Å². The Hall–Kier alpha value is -0.620. The fourth-order valence-electron chi connectivity index (χ4n) is 1.80. The highest BCUT2D eigenvalue weighted by atomic mass is 32.2. The van der Waals surface area contributed by atoms with E-state index in [0.717, 1.165) is 12.8 Å². The van der Waals surface area contributed by atoms with Crippen LogP contribution >= 0.6 is 0 Å². The molecule has 6 heteroatoms. The van der Waals surface area contributed by atoms with Crippen LogP contribution in [0.4, 0.5) is 0 Å². The van der Waals surface area contributed by atoms with Gasteiger partial charge < -0.3 is 5.32 Å². The average Bonchev–Trinajstić information content (AvgIpc) is 2.62. The lowest BCUT2D eigenvalue weighted by Crippen LogP contribution is -2.44. The molecule has 0 aromatic heterocycles. The van der Waals surface area contributed by atoms with Gasteiger partial charge in [0.2, 0.25) is 16.4 Å². The van der Waals surface area contributed by atoms with Crippen LogP contribution in [-0.4, -0.2) is 43.5 Å². The molecule has 1 aliphatic rings. The van der Waals surface area contributed by atoms with Crippen molar-refractivity contribution < 1.29 is 13.2 Å². The Kier molecular flexibility index (Phi) is 4.10. The smallest absolute Gasteiger partial charge is 0.216 e. The maximum Gasteiger partial charge on any atom is 0.216 e. The van der Waals surface area contributed by atoms with Crippen molar-refractivity contribution in [3.05, 3.63) is 0 Å². The topological polar surface area (TPSA) is 66.5 Å². The van der Waals surface area contributed by atoms with E-state index in [-0.39, 0.29) is 6.04 Å². The normalized spacial score (nSPS) is 23.3. The minimum absolute atomic E-state index is 0.0670. The van der Waals surface area contributed by atoms with Gasteiger partial charge in [-0.25, -0.2) is 8.42 Å². The molecule has 5 nitrogen and oxygen atoms in total. The molecule has 88 valence electrons. The first-order valence-corrected chi connectivity index (χ1v) is 6.68. The van der Waals surface area contributed by atoms with Gasteiger partial charge in [-0.05, 0) is 26.7 Å². The molecule has 1 rings (SSSR count). The monoisotopic (exact) mass is 234 g/mol. The number of hydrogen-bond acceptors (Lipinski definition) is 3. The van der Waals surface area contributed by atoms with E-state index in [1.807, 2.05) is 0 Å². The average molecular weight is 234 g/mol. The summed E-state index contributed by atoms with van der Waals surface area (Å²) in [5.41, 5.74) is 0. The summed E-state index contributed by atoms with van der Waals surface area (Å²) in [5.74, 6) is 0. The van der Waals surface area contributed by atoms with Crippen LogP contribution in [0.15, 0.2) is 0 Å². The molecule has 0 aromatic carbocycles. The van der Waals surface area contributed by atoms with Crippen LogP contribution in [0.3, 0.4) is 0 Å². The van der Waals surface area contributed by atoms with Gasteiger partial charge in [0.25, 0.3) is 0 Å². The Bertz CT molecular complexity index is 313. The van der Waals surface area contributed by atoms with Crippen LogP contribution in [0.5, 0.6) is 0 Å². The van der Waals surface area contributed by atoms with E-state index in [1.165, 1.54) is 4.31 Å². The van der Waals surface area contributed by atoms with Gasteiger partial charge in [-0.3, -0.25) is 4.79 Å². The molecule has 0 bridgehead atoms. The zero-order chi connectivity index (χ0) is 11.5. The lowest BCUT2D eigenvalue weighted by molar-refractivity contribution is -0.109. The van der Waals surface area contributed by atoms with Gasteiger partial charge in [-0.2, -0.15) is 4.31 Å². The molecular weight excluding hydrogens is 216 g/mol. The largest absolute Gasteiger partial charge is 0.357 e. The standard InChI is InChI=1S/C9H18N2O3S/c1-8(2)15(13,14)11-5-3-4-9(11)6-10-7-12/h7-9H,3-6H2,1-2H3,(H,10,12). The van der Waals surface area contributed by atoms with Crippen molar-refractivity contribution >= 4 is 16.4 Å². The van der Waals surface area contributed by atoms with Gasteiger partial charge in [0.05, 0.1) is 5.25 Å². The molecule has 0 aromatic rings. The minimum atomic E-state index is -3.18. The number of amides is 1. The zero-order valence-corrected chi connectivity index (χ0v) is 9.96. The number of sulfonamides is 1. The summed E-state index contributed by atoms with van der Waals surface area (Å²) in [6.45, 7) is 4.34. The van der Waals surface area contributed by atoms with Crippen LogP contribution in [0.25, 0.3) is 0 Å². The Morgan fingerprint density at radius 1 is 1.53 bits per heavy atom. The van der Waals surface area contributed by atoms with E-state index < -0.39 is 15.3 Å². The Morgan fingerprint density at radius 3 is 2.73 bits per heavy atom. The van der Waals surface area contributed by atoms with E-state index in [0.29, 0.717) is 19.5 Å². The molecule has 1 unspecified atom stereocenters. The Balaban J connectivity index is 2.72.